The van der Waals surface area contributed by atoms with Gasteiger partial charge in [0.2, 0.25) is 11.9 Å². The Bertz CT molecular complexity index is 1520. The van der Waals surface area contributed by atoms with Crippen molar-refractivity contribution in [3.63, 3.8) is 0 Å². The molecular formula is C38H48N6O2S. The van der Waals surface area contributed by atoms with Crippen LogP contribution in [-0.4, -0.2) is 47.2 Å². The fourth-order valence-corrected chi connectivity index (χ4v) is 5.82. The normalized spacial score (nSPS) is 14.0. The number of thiazole rings is 1. The zero-order chi connectivity index (χ0) is 32.9. The first kappa shape index (κ1) is 35.5. The standard InChI is InChI=1S/C38H48N6O2S/c1-3-4-5-6-7-8-9-10-11-12-13-14-15-16-17-18-19-20-35(45)43-38-40-31(2)36(47-38)34-25-26-39-37(42-34)41-32-21-23-33(24-22-32)44-27-29-46-30-28-44/h4-5,7-8,10-11,13-14,16-17,21-26H,3,6,9,12,15,18-20,27-30H2,1-2H3,(H,39,41,42)(H,40,43,45)/b5-4-,8-7-,11-10-,14-13-,17-16-. The molecule has 0 saturated carbocycles. The Morgan fingerprint density at radius 3 is 2.17 bits per heavy atom. The number of benzene rings is 1. The van der Waals surface area contributed by atoms with Crippen molar-refractivity contribution in [1.82, 2.24) is 15.0 Å². The lowest BCUT2D eigenvalue weighted by atomic mass is 10.2. The average molecular weight is 653 g/mol. The van der Waals surface area contributed by atoms with Gasteiger partial charge in [-0.3, -0.25) is 4.79 Å². The van der Waals surface area contributed by atoms with Gasteiger partial charge in [-0.15, -0.1) is 0 Å². The van der Waals surface area contributed by atoms with Gasteiger partial charge in [0.1, 0.15) is 0 Å². The number of anilines is 4. The second-order valence-electron chi connectivity index (χ2n) is 11.1. The summed E-state index contributed by atoms with van der Waals surface area (Å²) in [7, 11) is 0. The molecule has 2 N–H and O–H groups in total. The van der Waals surface area contributed by atoms with Gasteiger partial charge in [-0.05, 0) is 82.2 Å². The lowest BCUT2D eigenvalue weighted by molar-refractivity contribution is -0.116. The van der Waals surface area contributed by atoms with E-state index < -0.39 is 0 Å². The van der Waals surface area contributed by atoms with Gasteiger partial charge in [-0.25, -0.2) is 15.0 Å². The number of hydrogen-bond acceptors (Lipinski definition) is 8. The largest absolute Gasteiger partial charge is 0.378 e. The first-order chi connectivity index (χ1) is 23.1. The lowest BCUT2D eigenvalue weighted by Crippen LogP contribution is -2.36. The highest BCUT2D eigenvalue weighted by Gasteiger charge is 2.15. The van der Waals surface area contributed by atoms with E-state index in [1.807, 2.05) is 25.1 Å². The van der Waals surface area contributed by atoms with Gasteiger partial charge in [0, 0.05) is 37.1 Å². The number of unbranched alkanes of at least 4 members (excludes halogenated alkanes) is 1. The summed E-state index contributed by atoms with van der Waals surface area (Å²) in [5.41, 5.74) is 3.68. The van der Waals surface area contributed by atoms with Crippen LogP contribution < -0.4 is 15.5 Å². The van der Waals surface area contributed by atoms with E-state index >= 15 is 0 Å². The Labute approximate surface area is 284 Å². The van der Waals surface area contributed by atoms with Crippen LogP contribution in [0.5, 0.6) is 0 Å². The van der Waals surface area contributed by atoms with Gasteiger partial charge in [0.05, 0.1) is 29.5 Å². The third-order valence-electron chi connectivity index (χ3n) is 7.36. The molecule has 47 heavy (non-hydrogen) atoms. The van der Waals surface area contributed by atoms with Crippen molar-refractivity contribution < 1.29 is 9.53 Å². The maximum Gasteiger partial charge on any atom is 0.227 e. The number of nitrogens with zero attached hydrogens (tertiary/aromatic N) is 4. The third kappa shape index (κ3) is 13.1. The van der Waals surface area contributed by atoms with Crippen LogP contribution in [0.3, 0.4) is 0 Å². The monoisotopic (exact) mass is 652 g/mol. The van der Waals surface area contributed by atoms with Crippen molar-refractivity contribution in [2.24, 2.45) is 0 Å². The highest BCUT2D eigenvalue weighted by Crippen LogP contribution is 2.32. The molecule has 0 bridgehead atoms. The fourth-order valence-electron chi connectivity index (χ4n) is 4.87. The van der Waals surface area contributed by atoms with Crippen LogP contribution in [0.2, 0.25) is 0 Å². The summed E-state index contributed by atoms with van der Waals surface area (Å²) >= 11 is 1.43. The van der Waals surface area contributed by atoms with Crippen LogP contribution in [0, 0.1) is 6.92 Å². The van der Waals surface area contributed by atoms with Crippen LogP contribution in [0.4, 0.5) is 22.5 Å². The molecule has 1 saturated heterocycles. The molecule has 1 aromatic carbocycles. The van der Waals surface area contributed by atoms with Gasteiger partial charge in [-0.2, -0.15) is 0 Å². The van der Waals surface area contributed by atoms with Crippen LogP contribution in [0.15, 0.2) is 97.3 Å². The van der Waals surface area contributed by atoms with Crippen molar-refractivity contribution in [2.75, 3.05) is 41.8 Å². The van der Waals surface area contributed by atoms with Gasteiger partial charge in [-0.1, -0.05) is 79.0 Å². The van der Waals surface area contributed by atoms with E-state index in [-0.39, 0.29) is 5.91 Å². The van der Waals surface area contributed by atoms with E-state index in [0.717, 1.165) is 93.2 Å². The highest BCUT2D eigenvalue weighted by molar-refractivity contribution is 7.19. The molecule has 2 aromatic heterocycles. The fraction of sp³-hybridized carbons (Fsp3) is 0.368. The molecule has 1 aliphatic rings. The van der Waals surface area contributed by atoms with Gasteiger partial charge in [0.25, 0.3) is 0 Å². The van der Waals surface area contributed by atoms with Crippen LogP contribution in [-0.2, 0) is 9.53 Å². The van der Waals surface area contributed by atoms with Crippen LogP contribution in [0.1, 0.15) is 64.0 Å². The molecule has 0 aliphatic carbocycles. The minimum Gasteiger partial charge on any atom is -0.378 e. The molecule has 4 rings (SSSR count). The summed E-state index contributed by atoms with van der Waals surface area (Å²) < 4.78 is 5.45. The molecular weight excluding hydrogens is 605 g/mol. The molecule has 248 valence electrons. The number of ether oxygens (including phenoxy) is 1. The average Bonchev–Trinajstić information content (AvgIpc) is 3.46. The first-order valence-electron chi connectivity index (χ1n) is 16.7. The summed E-state index contributed by atoms with van der Waals surface area (Å²) in [6.07, 6.45) is 30.7. The molecule has 1 fully saturated rings. The predicted octanol–water partition coefficient (Wildman–Crippen LogP) is 9.35. The molecule has 3 heterocycles. The number of aryl methyl sites for hydroxylation is 1. The molecule has 0 spiro atoms. The SMILES string of the molecule is CC/C=C\C/C=C\C/C=C\C/C=C\C/C=C\CCCC(=O)Nc1nc(C)c(-c2ccnc(Nc3ccc(N4CCOCC4)cc3)n2)s1. The molecule has 8 nitrogen and oxygen atoms in total. The minimum atomic E-state index is -0.0248. The van der Waals surface area contributed by atoms with E-state index in [2.05, 4.69) is 105 Å². The number of hydrogen-bond donors (Lipinski definition) is 2. The van der Waals surface area contributed by atoms with Gasteiger partial charge >= 0.3 is 0 Å². The number of morpholine rings is 1. The van der Waals surface area contributed by atoms with Crippen molar-refractivity contribution in [3.05, 3.63) is 103 Å². The number of carbonyl (C=O) groups is 1. The second kappa shape index (κ2) is 20.7. The number of nitrogens with one attached hydrogen (secondary N) is 2. The molecule has 0 unspecified atom stereocenters. The van der Waals surface area contributed by atoms with Crippen molar-refractivity contribution >= 4 is 39.7 Å². The summed E-state index contributed by atoms with van der Waals surface area (Å²) in [5, 5.41) is 6.85. The molecule has 0 radical (unpaired) electrons. The Morgan fingerprint density at radius 1 is 0.872 bits per heavy atom. The summed E-state index contributed by atoms with van der Waals surface area (Å²) in [6, 6.07) is 10.1. The minimum absolute atomic E-state index is 0.0248. The van der Waals surface area contributed by atoms with Crippen LogP contribution in [0.25, 0.3) is 10.6 Å². The number of allylic oxidation sites excluding steroid dienone is 10. The summed E-state index contributed by atoms with van der Waals surface area (Å²) in [5.74, 6) is 0.485. The van der Waals surface area contributed by atoms with Gasteiger partial charge < -0.3 is 20.3 Å². The summed E-state index contributed by atoms with van der Waals surface area (Å²) in [4.78, 5) is 29.5. The zero-order valence-corrected chi connectivity index (χ0v) is 28.6. The quantitative estimate of drug-likeness (QED) is 0.104. The molecule has 1 amide bonds. The molecule has 9 heteroatoms. The maximum absolute atomic E-state index is 12.6. The zero-order valence-electron chi connectivity index (χ0n) is 27.7. The number of rotatable bonds is 18. The van der Waals surface area contributed by atoms with E-state index in [4.69, 9.17) is 9.72 Å². The Hall–Kier alpha value is -4.34. The van der Waals surface area contributed by atoms with Crippen LogP contribution >= 0.6 is 11.3 Å². The Morgan fingerprint density at radius 2 is 1.51 bits per heavy atom. The second-order valence-corrected chi connectivity index (χ2v) is 12.1. The molecule has 0 atom stereocenters. The lowest BCUT2D eigenvalue weighted by Gasteiger charge is -2.28. The van der Waals surface area contributed by atoms with Crippen molar-refractivity contribution in [2.45, 2.75) is 65.2 Å². The smallest absolute Gasteiger partial charge is 0.227 e. The van der Waals surface area contributed by atoms with E-state index in [0.29, 0.717) is 17.5 Å². The van der Waals surface area contributed by atoms with Gasteiger partial charge in [0.15, 0.2) is 5.13 Å². The Balaban J connectivity index is 1.14. The topological polar surface area (TPSA) is 92.3 Å². The van der Waals surface area contributed by atoms with Crippen molar-refractivity contribution in [3.8, 4) is 10.6 Å². The predicted molar refractivity (Wildman–Crippen MR) is 198 cm³/mol. The van der Waals surface area contributed by atoms with E-state index in [1.54, 1.807) is 6.20 Å². The Kier molecular flexibility index (Phi) is 15.7. The number of amides is 1. The third-order valence-corrected chi connectivity index (χ3v) is 8.46. The van der Waals surface area contributed by atoms with Crippen molar-refractivity contribution in [1.29, 1.82) is 0 Å². The number of carbonyl (C=O) groups excluding carboxylic acids is 1. The summed E-state index contributed by atoms with van der Waals surface area (Å²) in [6.45, 7) is 7.41. The first-order valence-corrected chi connectivity index (χ1v) is 17.5. The molecule has 3 aromatic rings. The molecule has 1 aliphatic heterocycles. The number of aromatic nitrogens is 3. The highest BCUT2D eigenvalue weighted by atomic mass is 32.1. The van der Waals surface area contributed by atoms with E-state index in [1.165, 1.54) is 17.0 Å². The van der Waals surface area contributed by atoms with E-state index in [9.17, 15) is 4.79 Å². The maximum atomic E-state index is 12.6.